The van der Waals surface area contributed by atoms with Gasteiger partial charge < -0.3 is 19.4 Å². The lowest BCUT2D eigenvalue weighted by Crippen LogP contribution is -2.49. The summed E-state index contributed by atoms with van der Waals surface area (Å²) in [4.78, 5) is 12.5. The summed E-state index contributed by atoms with van der Waals surface area (Å²) in [6, 6.07) is -0.189. The van der Waals surface area contributed by atoms with Crippen LogP contribution < -0.4 is 5.32 Å². The fraction of sp³-hybridized carbons (Fsp3) is 0.947. The summed E-state index contributed by atoms with van der Waals surface area (Å²) in [5.74, 6) is 0.207. The second-order valence-electron chi connectivity index (χ2n) is 9.48. The van der Waals surface area contributed by atoms with E-state index < -0.39 is 5.60 Å². The standard InChI is InChI=1S/C19H36BNO4/c1-17(2,3)23-16(22)15-14(11-9-13-21-15)10-8-12-20-24-18(4,5)19(6,7)25-20/h14-15,21H,8-13H2,1-7H3. The van der Waals surface area contributed by atoms with Gasteiger partial charge in [-0.05, 0) is 86.5 Å². The predicted octanol–water partition coefficient (Wildman–Crippen LogP) is 3.57. The van der Waals surface area contributed by atoms with Crippen molar-refractivity contribution in [1.82, 2.24) is 5.32 Å². The summed E-state index contributed by atoms with van der Waals surface area (Å²) in [5, 5.41) is 3.36. The van der Waals surface area contributed by atoms with Crippen molar-refractivity contribution in [1.29, 1.82) is 0 Å². The van der Waals surface area contributed by atoms with Gasteiger partial charge in [-0.1, -0.05) is 6.42 Å². The first kappa shape index (κ1) is 20.7. The Hall–Kier alpha value is -0.585. The van der Waals surface area contributed by atoms with E-state index in [9.17, 15) is 4.79 Å². The molecule has 0 aliphatic carbocycles. The third-order valence-corrected chi connectivity index (χ3v) is 5.56. The zero-order valence-corrected chi connectivity index (χ0v) is 17.1. The van der Waals surface area contributed by atoms with Crippen LogP contribution in [0.5, 0.6) is 0 Å². The Labute approximate surface area is 153 Å². The first-order valence-electron chi connectivity index (χ1n) is 9.73. The summed E-state index contributed by atoms with van der Waals surface area (Å²) < 4.78 is 17.7. The highest BCUT2D eigenvalue weighted by molar-refractivity contribution is 6.45. The Kier molecular flexibility index (Phi) is 6.28. The van der Waals surface area contributed by atoms with Crippen LogP contribution in [0.4, 0.5) is 0 Å². The minimum atomic E-state index is -0.441. The lowest BCUT2D eigenvalue weighted by Gasteiger charge is -2.33. The van der Waals surface area contributed by atoms with E-state index in [0.29, 0.717) is 5.92 Å². The molecule has 2 saturated heterocycles. The molecule has 2 fully saturated rings. The largest absolute Gasteiger partial charge is 0.459 e. The molecule has 2 atom stereocenters. The summed E-state index contributed by atoms with van der Waals surface area (Å²) in [7, 11) is -0.151. The molecule has 6 heteroatoms. The summed E-state index contributed by atoms with van der Waals surface area (Å²) in [5.41, 5.74) is -0.990. The molecule has 144 valence electrons. The first-order chi connectivity index (χ1) is 11.4. The van der Waals surface area contributed by atoms with Gasteiger partial charge in [0.1, 0.15) is 11.6 Å². The van der Waals surface area contributed by atoms with E-state index >= 15 is 0 Å². The van der Waals surface area contributed by atoms with E-state index in [0.717, 1.165) is 38.5 Å². The maximum absolute atomic E-state index is 12.5. The molecule has 0 aromatic carbocycles. The summed E-state index contributed by atoms with van der Waals surface area (Å²) in [6.07, 6.45) is 5.02. The number of esters is 1. The van der Waals surface area contributed by atoms with Crippen molar-refractivity contribution in [3.05, 3.63) is 0 Å². The minimum absolute atomic E-state index is 0.118. The number of piperidine rings is 1. The van der Waals surface area contributed by atoms with Crippen molar-refractivity contribution in [3.8, 4) is 0 Å². The van der Waals surface area contributed by atoms with Gasteiger partial charge in [0.15, 0.2) is 0 Å². The fourth-order valence-corrected chi connectivity index (χ4v) is 3.54. The van der Waals surface area contributed by atoms with Crippen LogP contribution in [-0.4, -0.2) is 42.5 Å². The number of nitrogens with one attached hydrogen (secondary N) is 1. The third kappa shape index (κ3) is 5.44. The molecule has 1 N–H and O–H groups in total. The van der Waals surface area contributed by atoms with Gasteiger partial charge in [-0.25, -0.2) is 0 Å². The summed E-state index contributed by atoms with van der Waals surface area (Å²) in [6.45, 7) is 15.0. The van der Waals surface area contributed by atoms with Crippen LogP contribution >= 0.6 is 0 Å². The summed E-state index contributed by atoms with van der Waals surface area (Å²) >= 11 is 0. The molecule has 0 aromatic heterocycles. The normalized spacial score (nSPS) is 28.8. The smallest absolute Gasteiger partial charge is 0.457 e. The molecule has 2 heterocycles. The van der Waals surface area contributed by atoms with Crippen LogP contribution in [0.2, 0.25) is 6.32 Å². The quantitative estimate of drug-likeness (QED) is 0.605. The molecule has 0 bridgehead atoms. The van der Waals surface area contributed by atoms with Crippen LogP contribution in [0.15, 0.2) is 0 Å². The number of rotatable bonds is 5. The second kappa shape index (κ2) is 7.57. The van der Waals surface area contributed by atoms with Gasteiger partial charge in [-0.2, -0.15) is 0 Å². The van der Waals surface area contributed by atoms with Gasteiger partial charge in [0.05, 0.1) is 11.2 Å². The third-order valence-electron chi connectivity index (χ3n) is 5.56. The molecule has 2 aliphatic heterocycles. The SMILES string of the molecule is CC(C)(C)OC(=O)C1NCCCC1CCCB1OC(C)(C)C(C)(C)O1. The zero-order chi connectivity index (χ0) is 18.9. The van der Waals surface area contributed by atoms with Gasteiger partial charge in [-0.15, -0.1) is 0 Å². The number of carbonyl (C=O) groups excluding carboxylic acids is 1. The Bertz CT molecular complexity index is 457. The van der Waals surface area contributed by atoms with Gasteiger partial charge >= 0.3 is 13.1 Å². The van der Waals surface area contributed by atoms with Crippen molar-refractivity contribution in [2.75, 3.05) is 6.54 Å². The van der Waals surface area contributed by atoms with Crippen LogP contribution in [-0.2, 0) is 18.8 Å². The monoisotopic (exact) mass is 353 g/mol. The Morgan fingerprint density at radius 3 is 2.36 bits per heavy atom. The lowest BCUT2D eigenvalue weighted by atomic mass is 9.78. The zero-order valence-electron chi connectivity index (χ0n) is 17.1. The van der Waals surface area contributed by atoms with E-state index in [1.807, 2.05) is 20.8 Å². The topological polar surface area (TPSA) is 56.8 Å². The molecule has 0 spiro atoms. The van der Waals surface area contributed by atoms with Crippen LogP contribution in [0.1, 0.15) is 74.1 Å². The maximum atomic E-state index is 12.5. The average Bonchev–Trinajstić information content (AvgIpc) is 2.65. The molecule has 2 rings (SSSR count). The van der Waals surface area contributed by atoms with E-state index in [1.165, 1.54) is 0 Å². The molecule has 0 amide bonds. The van der Waals surface area contributed by atoms with Crippen LogP contribution in [0, 0.1) is 5.92 Å². The number of ether oxygens (including phenoxy) is 1. The number of hydrogen-bond donors (Lipinski definition) is 1. The van der Waals surface area contributed by atoms with Crippen LogP contribution in [0.25, 0.3) is 0 Å². The number of hydrogen-bond acceptors (Lipinski definition) is 5. The second-order valence-corrected chi connectivity index (χ2v) is 9.48. The van der Waals surface area contributed by atoms with Crippen molar-refractivity contribution in [3.63, 3.8) is 0 Å². The van der Waals surface area contributed by atoms with E-state index in [4.69, 9.17) is 14.0 Å². The number of carbonyl (C=O) groups is 1. The molecule has 5 nitrogen and oxygen atoms in total. The fourth-order valence-electron chi connectivity index (χ4n) is 3.54. The van der Waals surface area contributed by atoms with E-state index in [2.05, 4.69) is 33.0 Å². The highest BCUT2D eigenvalue weighted by Crippen LogP contribution is 2.38. The maximum Gasteiger partial charge on any atom is 0.457 e. The molecule has 2 aliphatic rings. The highest BCUT2D eigenvalue weighted by Gasteiger charge is 2.50. The Balaban J connectivity index is 1.83. The van der Waals surface area contributed by atoms with Crippen molar-refractivity contribution in [2.45, 2.75) is 103 Å². The Morgan fingerprint density at radius 1 is 1.20 bits per heavy atom. The van der Waals surface area contributed by atoms with Gasteiger partial charge in [0.2, 0.25) is 0 Å². The van der Waals surface area contributed by atoms with E-state index in [1.54, 1.807) is 0 Å². The average molecular weight is 353 g/mol. The van der Waals surface area contributed by atoms with Crippen molar-refractivity contribution >= 4 is 13.1 Å². The van der Waals surface area contributed by atoms with Crippen molar-refractivity contribution in [2.24, 2.45) is 5.92 Å². The highest BCUT2D eigenvalue weighted by atomic mass is 16.7. The van der Waals surface area contributed by atoms with Crippen molar-refractivity contribution < 1.29 is 18.8 Å². The molecule has 25 heavy (non-hydrogen) atoms. The predicted molar refractivity (Wildman–Crippen MR) is 100 cm³/mol. The molecule has 0 saturated carbocycles. The molecule has 2 unspecified atom stereocenters. The molecule has 0 radical (unpaired) electrons. The molecular formula is C19H36BNO4. The molecular weight excluding hydrogens is 317 g/mol. The van der Waals surface area contributed by atoms with Gasteiger partial charge in [0, 0.05) is 0 Å². The Morgan fingerprint density at radius 2 is 1.80 bits per heavy atom. The minimum Gasteiger partial charge on any atom is -0.459 e. The van der Waals surface area contributed by atoms with E-state index in [-0.39, 0.29) is 30.3 Å². The first-order valence-corrected chi connectivity index (χ1v) is 9.73. The molecule has 0 aromatic rings. The lowest BCUT2D eigenvalue weighted by molar-refractivity contribution is -0.159. The van der Waals surface area contributed by atoms with Gasteiger partial charge in [0.25, 0.3) is 0 Å². The van der Waals surface area contributed by atoms with Gasteiger partial charge in [-0.3, -0.25) is 4.79 Å². The van der Waals surface area contributed by atoms with Crippen LogP contribution in [0.3, 0.4) is 0 Å².